The normalized spacial score (nSPS) is 15.8. The summed E-state index contributed by atoms with van der Waals surface area (Å²) in [6, 6.07) is 12.7. The number of aryl methyl sites for hydroxylation is 1. The zero-order valence-corrected chi connectivity index (χ0v) is 16.4. The van der Waals surface area contributed by atoms with Gasteiger partial charge in [0.1, 0.15) is 6.10 Å². The van der Waals surface area contributed by atoms with Gasteiger partial charge in [-0.2, -0.15) is 4.98 Å². The lowest BCUT2D eigenvalue weighted by atomic mass is 10.1. The third-order valence-electron chi connectivity index (χ3n) is 5.08. The van der Waals surface area contributed by atoms with Crippen molar-refractivity contribution in [1.29, 1.82) is 0 Å². The standard InChI is InChI=1S/C21H18FN5O3/c1-12-3-5-13(6-4-12)18-10-27-16(11-29-18)19(24-26-27)20-23-21(30-25-20)14-7-8-17(28-2)15(22)9-14/h3-9,18H,10-11H2,1-2H3. The molecule has 1 aliphatic rings. The molecule has 0 amide bonds. The Hall–Kier alpha value is -3.59. The van der Waals surface area contributed by atoms with Gasteiger partial charge in [0.05, 0.1) is 26.0 Å². The Morgan fingerprint density at radius 3 is 2.77 bits per heavy atom. The van der Waals surface area contributed by atoms with Gasteiger partial charge in [0, 0.05) is 5.56 Å². The fourth-order valence-corrected chi connectivity index (χ4v) is 3.40. The highest BCUT2D eigenvalue weighted by atomic mass is 19.1. The van der Waals surface area contributed by atoms with E-state index in [0.29, 0.717) is 24.4 Å². The van der Waals surface area contributed by atoms with Gasteiger partial charge < -0.3 is 14.0 Å². The van der Waals surface area contributed by atoms with Gasteiger partial charge in [-0.1, -0.05) is 40.2 Å². The highest BCUT2D eigenvalue weighted by Gasteiger charge is 2.27. The maximum Gasteiger partial charge on any atom is 0.258 e. The third-order valence-corrected chi connectivity index (χ3v) is 5.08. The molecule has 0 bridgehead atoms. The largest absolute Gasteiger partial charge is 0.494 e. The van der Waals surface area contributed by atoms with Crippen LogP contribution in [0, 0.1) is 12.7 Å². The topological polar surface area (TPSA) is 88.1 Å². The van der Waals surface area contributed by atoms with E-state index in [1.54, 1.807) is 10.7 Å². The van der Waals surface area contributed by atoms with Crippen LogP contribution in [0.2, 0.25) is 0 Å². The van der Waals surface area contributed by atoms with Gasteiger partial charge in [0.25, 0.3) is 5.89 Å². The highest BCUT2D eigenvalue weighted by molar-refractivity contribution is 5.59. The van der Waals surface area contributed by atoms with Crippen LogP contribution < -0.4 is 4.74 Å². The summed E-state index contributed by atoms with van der Waals surface area (Å²) in [6.07, 6.45) is -0.101. The van der Waals surface area contributed by atoms with E-state index in [4.69, 9.17) is 14.0 Å². The Bertz CT molecular complexity index is 1200. The molecular formula is C21H18FN5O3. The first kappa shape index (κ1) is 18.4. The molecule has 0 saturated carbocycles. The van der Waals surface area contributed by atoms with E-state index in [-0.39, 0.29) is 23.6 Å². The number of methoxy groups -OCH3 is 1. The van der Waals surface area contributed by atoms with Crippen molar-refractivity contribution in [2.45, 2.75) is 26.2 Å². The summed E-state index contributed by atoms with van der Waals surface area (Å²) in [5.74, 6) is 0.0971. The Morgan fingerprint density at radius 2 is 2.00 bits per heavy atom. The Morgan fingerprint density at radius 1 is 1.17 bits per heavy atom. The summed E-state index contributed by atoms with van der Waals surface area (Å²) in [6.45, 7) is 2.91. The zero-order valence-electron chi connectivity index (χ0n) is 16.4. The van der Waals surface area contributed by atoms with Crippen molar-refractivity contribution in [2.24, 2.45) is 0 Å². The van der Waals surface area contributed by atoms with E-state index in [1.807, 2.05) is 6.92 Å². The maximum atomic E-state index is 14.0. The molecule has 1 aliphatic heterocycles. The van der Waals surface area contributed by atoms with Crippen LogP contribution in [0.5, 0.6) is 5.75 Å². The molecule has 152 valence electrons. The highest BCUT2D eigenvalue weighted by Crippen LogP contribution is 2.31. The SMILES string of the molecule is COc1ccc(-c2nc(-c3nnn4c3COC(c3ccc(C)cc3)C4)no2)cc1F. The molecule has 2 aromatic heterocycles. The number of ether oxygens (including phenoxy) is 2. The molecule has 0 N–H and O–H groups in total. The second kappa shape index (κ2) is 7.34. The molecule has 3 heterocycles. The molecule has 4 aromatic rings. The molecule has 8 nitrogen and oxygen atoms in total. The molecule has 0 saturated heterocycles. The number of halogens is 1. The molecule has 0 radical (unpaired) electrons. The second-order valence-corrected chi connectivity index (χ2v) is 7.05. The van der Waals surface area contributed by atoms with Crippen LogP contribution in [0.3, 0.4) is 0 Å². The minimum Gasteiger partial charge on any atom is -0.494 e. The number of fused-ring (bicyclic) bond motifs is 1. The van der Waals surface area contributed by atoms with Gasteiger partial charge in [0.15, 0.2) is 17.3 Å². The van der Waals surface area contributed by atoms with Crippen LogP contribution in [-0.2, 0) is 17.9 Å². The van der Waals surface area contributed by atoms with Crippen molar-refractivity contribution < 1.29 is 18.4 Å². The van der Waals surface area contributed by atoms with Gasteiger partial charge in [-0.3, -0.25) is 0 Å². The fraction of sp³-hybridized carbons (Fsp3) is 0.238. The van der Waals surface area contributed by atoms with E-state index in [1.165, 1.54) is 24.8 Å². The van der Waals surface area contributed by atoms with Gasteiger partial charge in [-0.25, -0.2) is 9.07 Å². The molecule has 9 heteroatoms. The van der Waals surface area contributed by atoms with Crippen molar-refractivity contribution >= 4 is 0 Å². The lowest BCUT2D eigenvalue weighted by Gasteiger charge is -2.24. The van der Waals surface area contributed by atoms with Gasteiger partial charge in [-0.15, -0.1) is 5.10 Å². The molecule has 2 aromatic carbocycles. The predicted molar refractivity (Wildman–Crippen MR) is 104 cm³/mol. The first-order valence-corrected chi connectivity index (χ1v) is 9.41. The number of nitrogens with zero attached hydrogens (tertiary/aromatic N) is 5. The lowest BCUT2D eigenvalue weighted by Crippen LogP contribution is -2.22. The fourth-order valence-electron chi connectivity index (χ4n) is 3.40. The predicted octanol–water partition coefficient (Wildman–Crippen LogP) is 3.72. The molecular weight excluding hydrogens is 389 g/mol. The van der Waals surface area contributed by atoms with E-state index in [9.17, 15) is 4.39 Å². The number of aromatic nitrogens is 5. The minimum absolute atomic E-state index is 0.101. The molecule has 5 rings (SSSR count). The first-order valence-electron chi connectivity index (χ1n) is 9.41. The van der Waals surface area contributed by atoms with Crippen LogP contribution >= 0.6 is 0 Å². The smallest absolute Gasteiger partial charge is 0.258 e. The average Bonchev–Trinajstić information content (AvgIpc) is 3.41. The van der Waals surface area contributed by atoms with Crippen molar-refractivity contribution in [3.8, 4) is 28.7 Å². The second-order valence-electron chi connectivity index (χ2n) is 7.05. The molecule has 0 spiro atoms. The number of hydrogen-bond acceptors (Lipinski definition) is 7. The third kappa shape index (κ3) is 3.22. The first-order chi connectivity index (χ1) is 14.6. The van der Waals surface area contributed by atoms with Gasteiger partial charge in [0.2, 0.25) is 5.82 Å². The molecule has 0 fully saturated rings. The average molecular weight is 407 g/mol. The number of rotatable bonds is 4. The van der Waals surface area contributed by atoms with Crippen LogP contribution in [0.1, 0.15) is 22.9 Å². The monoisotopic (exact) mass is 407 g/mol. The molecule has 1 atom stereocenters. The van der Waals surface area contributed by atoms with Crippen LogP contribution in [0.15, 0.2) is 47.0 Å². The van der Waals surface area contributed by atoms with Crippen LogP contribution in [0.4, 0.5) is 4.39 Å². The van der Waals surface area contributed by atoms with E-state index in [0.717, 1.165) is 11.3 Å². The summed E-state index contributed by atoms with van der Waals surface area (Å²) < 4.78 is 32.1. The van der Waals surface area contributed by atoms with Crippen LogP contribution in [-0.4, -0.2) is 32.2 Å². The van der Waals surface area contributed by atoms with Gasteiger partial charge in [-0.05, 0) is 30.7 Å². The van der Waals surface area contributed by atoms with E-state index >= 15 is 0 Å². The van der Waals surface area contributed by atoms with Gasteiger partial charge >= 0.3 is 0 Å². The Kier molecular flexibility index (Phi) is 4.51. The van der Waals surface area contributed by atoms with Crippen molar-refractivity contribution in [3.05, 3.63) is 65.1 Å². The van der Waals surface area contributed by atoms with Crippen molar-refractivity contribution in [1.82, 2.24) is 25.1 Å². The van der Waals surface area contributed by atoms with Crippen LogP contribution in [0.25, 0.3) is 23.0 Å². The van der Waals surface area contributed by atoms with Crippen molar-refractivity contribution in [3.63, 3.8) is 0 Å². The summed E-state index contributed by atoms with van der Waals surface area (Å²) >= 11 is 0. The maximum absolute atomic E-state index is 14.0. The molecule has 0 aliphatic carbocycles. The summed E-state index contributed by atoms with van der Waals surface area (Å²) in [5.41, 5.74) is 3.99. The Balaban J connectivity index is 1.40. The number of benzene rings is 2. The Labute approximate surface area is 171 Å². The van der Waals surface area contributed by atoms with Crippen molar-refractivity contribution in [2.75, 3.05) is 7.11 Å². The molecule has 30 heavy (non-hydrogen) atoms. The zero-order chi connectivity index (χ0) is 20.7. The van der Waals surface area contributed by atoms with E-state index in [2.05, 4.69) is 44.7 Å². The number of hydrogen-bond donors (Lipinski definition) is 0. The summed E-state index contributed by atoms with van der Waals surface area (Å²) in [7, 11) is 1.41. The van der Waals surface area contributed by atoms with E-state index < -0.39 is 5.82 Å². The lowest BCUT2D eigenvalue weighted by molar-refractivity contribution is -0.00112. The summed E-state index contributed by atoms with van der Waals surface area (Å²) in [4.78, 5) is 4.36. The quantitative estimate of drug-likeness (QED) is 0.509. The molecule has 1 unspecified atom stereocenters. The minimum atomic E-state index is -0.508. The summed E-state index contributed by atoms with van der Waals surface area (Å²) in [5, 5.41) is 12.4.